The van der Waals surface area contributed by atoms with Gasteiger partial charge in [0, 0.05) is 13.1 Å². The lowest BCUT2D eigenvalue weighted by atomic mass is 10.2. The minimum Gasteiger partial charge on any atom is -0.480 e. The Morgan fingerprint density at radius 3 is 2.63 bits per heavy atom. The highest BCUT2D eigenvalue weighted by Gasteiger charge is 2.37. The van der Waals surface area contributed by atoms with Gasteiger partial charge in [0.2, 0.25) is 0 Å². The normalized spacial score (nSPS) is 15.8. The third kappa shape index (κ3) is 2.72. The van der Waals surface area contributed by atoms with Gasteiger partial charge in [0.25, 0.3) is 11.6 Å². The molecule has 8 heteroatoms. The van der Waals surface area contributed by atoms with Gasteiger partial charge in [-0.25, -0.2) is 4.79 Å². The van der Waals surface area contributed by atoms with E-state index in [1.807, 2.05) is 0 Å². The fourth-order valence-electron chi connectivity index (χ4n) is 1.90. The van der Waals surface area contributed by atoms with Crippen molar-refractivity contribution in [1.82, 2.24) is 9.88 Å². The van der Waals surface area contributed by atoms with Crippen LogP contribution in [0.25, 0.3) is 0 Å². The van der Waals surface area contributed by atoms with Crippen molar-refractivity contribution in [3.05, 3.63) is 28.1 Å². The van der Waals surface area contributed by atoms with Gasteiger partial charge in [-0.05, 0) is 18.8 Å². The van der Waals surface area contributed by atoms with E-state index < -0.39 is 22.8 Å². The zero-order valence-electron chi connectivity index (χ0n) is 10.2. The Kier molecular flexibility index (Phi) is 3.24. The average Bonchev–Trinajstić information content (AvgIpc) is 3.07. The monoisotopic (exact) mass is 267 g/mol. The molecule has 1 unspecified atom stereocenters. The fraction of sp³-hybridized carbons (Fsp3) is 0.455. The highest BCUT2D eigenvalue weighted by molar-refractivity contribution is 5.96. The number of carboxylic acids is 1. The number of nitrogens with zero attached hydrogens (tertiary/aromatic N) is 2. The van der Waals surface area contributed by atoms with Gasteiger partial charge in [-0.2, -0.15) is 0 Å². The van der Waals surface area contributed by atoms with Crippen LogP contribution in [0.1, 0.15) is 23.3 Å². The second-order valence-corrected chi connectivity index (χ2v) is 4.58. The minimum absolute atomic E-state index is 0.0447. The molecule has 19 heavy (non-hydrogen) atoms. The smallest absolute Gasteiger partial charge is 0.326 e. The highest BCUT2D eigenvalue weighted by Crippen LogP contribution is 2.33. The van der Waals surface area contributed by atoms with Crippen LogP contribution in [0.4, 0.5) is 5.69 Å². The molecule has 2 rings (SSSR count). The molecule has 0 aliphatic heterocycles. The van der Waals surface area contributed by atoms with Crippen LogP contribution in [-0.4, -0.2) is 32.5 Å². The molecule has 8 nitrogen and oxygen atoms in total. The maximum Gasteiger partial charge on any atom is 0.326 e. The van der Waals surface area contributed by atoms with Gasteiger partial charge in [0.15, 0.2) is 0 Å². The van der Waals surface area contributed by atoms with Crippen LogP contribution in [0, 0.1) is 16.0 Å². The van der Waals surface area contributed by atoms with E-state index in [-0.39, 0.29) is 17.3 Å². The summed E-state index contributed by atoms with van der Waals surface area (Å²) in [6.45, 7) is 0. The second kappa shape index (κ2) is 4.71. The Morgan fingerprint density at radius 2 is 2.21 bits per heavy atom. The van der Waals surface area contributed by atoms with Crippen LogP contribution in [0.3, 0.4) is 0 Å². The molecule has 0 bridgehead atoms. The number of aryl methyl sites for hydroxylation is 1. The van der Waals surface area contributed by atoms with Crippen LogP contribution in [0.2, 0.25) is 0 Å². The molecule has 2 N–H and O–H groups in total. The molecule has 0 spiro atoms. The largest absolute Gasteiger partial charge is 0.480 e. The van der Waals surface area contributed by atoms with Crippen LogP contribution in [0.15, 0.2) is 12.3 Å². The number of aliphatic carboxylic acids is 1. The second-order valence-electron chi connectivity index (χ2n) is 4.58. The number of carbonyl (C=O) groups is 2. The Hall–Kier alpha value is -2.38. The summed E-state index contributed by atoms with van der Waals surface area (Å²) in [5.41, 5.74) is -0.135. The van der Waals surface area contributed by atoms with Crippen LogP contribution < -0.4 is 5.32 Å². The predicted octanol–water partition coefficient (Wildman–Crippen LogP) is 0.526. The molecule has 0 saturated heterocycles. The summed E-state index contributed by atoms with van der Waals surface area (Å²) in [5.74, 6) is -1.74. The minimum atomic E-state index is -1.08. The molecular formula is C11H13N3O5. The molecule has 1 saturated carbocycles. The van der Waals surface area contributed by atoms with Crippen molar-refractivity contribution in [2.24, 2.45) is 13.0 Å². The molecule has 1 fully saturated rings. The quantitative estimate of drug-likeness (QED) is 0.596. The Bertz CT molecular complexity index is 547. The summed E-state index contributed by atoms with van der Waals surface area (Å²) in [6, 6.07) is 0.197. The first kappa shape index (κ1) is 13.1. The molecule has 1 aliphatic carbocycles. The standard InChI is InChI=1S/C11H13N3O5/c1-13-5-7(14(18)19)4-8(13)10(15)12-9(11(16)17)6-2-3-6/h4-6,9H,2-3H2,1H3,(H,12,15)(H,16,17). The Labute approximate surface area is 108 Å². The maximum atomic E-state index is 11.9. The maximum absolute atomic E-state index is 11.9. The number of hydrogen-bond acceptors (Lipinski definition) is 4. The predicted molar refractivity (Wildman–Crippen MR) is 63.7 cm³/mol. The summed E-state index contributed by atoms with van der Waals surface area (Å²) in [7, 11) is 1.49. The molecule has 1 amide bonds. The lowest BCUT2D eigenvalue weighted by molar-refractivity contribution is -0.384. The van der Waals surface area contributed by atoms with Crippen molar-refractivity contribution in [3.8, 4) is 0 Å². The number of carboxylic acid groups (broad SMARTS) is 1. The van der Waals surface area contributed by atoms with E-state index in [4.69, 9.17) is 5.11 Å². The molecule has 1 heterocycles. The fourth-order valence-corrected chi connectivity index (χ4v) is 1.90. The van der Waals surface area contributed by atoms with E-state index in [0.29, 0.717) is 0 Å². The number of rotatable bonds is 5. The molecule has 1 atom stereocenters. The van der Waals surface area contributed by atoms with E-state index in [1.165, 1.54) is 17.8 Å². The molecule has 0 radical (unpaired) electrons. The third-order valence-corrected chi connectivity index (χ3v) is 3.08. The van der Waals surface area contributed by atoms with Gasteiger partial charge in [-0.15, -0.1) is 0 Å². The molecule has 1 aromatic rings. The number of nitrogens with one attached hydrogen (secondary N) is 1. The van der Waals surface area contributed by atoms with Crippen LogP contribution >= 0.6 is 0 Å². The summed E-state index contributed by atoms with van der Waals surface area (Å²) >= 11 is 0. The summed E-state index contributed by atoms with van der Waals surface area (Å²) < 4.78 is 1.30. The summed E-state index contributed by atoms with van der Waals surface area (Å²) in [5, 5.41) is 22.0. The van der Waals surface area contributed by atoms with Crippen molar-refractivity contribution >= 4 is 17.6 Å². The van der Waals surface area contributed by atoms with Crippen LogP contribution in [-0.2, 0) is 11.8 Å². The van der Waals surface area contributed by atoms with Gasteiger partial charge < -0.3 is 15.0 Å². The van der Waals surface area contributed by atoms with E-state index in [1.54, 1.807) is 0 Å². The van der Waals surface area contributed by atoms with E-state index in [0.717, 1.165) is 18.9 Å². The van der Waals surface area contributed by atoms with E-state index >= 15 is 0 Å². The van der Waals surface area contributed by atoms with Gasteiger partial charge >= 0.3 is 5.97 Å². The number of amides is 1. The van der Waals surface area contributed by atoms with Gasteiger partial charge in [-0.3, -0.25) is 14.9 Å². The topological polar surface area (TPSA) is 114 Å². The zero-order valence-corrected chi connectivity index (χ0v) is 10.2. The van der Waals surface area contributed by atoms with Crippen LogP contribution in [0.5, 0.6) is 0 Å². The first-order chi connectivity index (χ1) is 8.90. The highest BCUT2D eigenvalue weighted by atomic mass is 16.6. The Morgan fingerprint density at radius 1 is 1.58 bits per heavy atom. The summed E-state index contributed by atoms with van der Waals surface area (Å²) in [4.78, 5) is 32.9. The average molecular weight is 267 g/mol. The first-order valence-electron chi connectivity index (χ1n) is 5.74. The van der Waals surface area contributed by atoms with Crippen molar-refractivity contribution in [2.75, 3.05) is 0 Å². The third-order valence-electron chi connectivity index (χ3n) is 3.08. The van der Waals surface area contributed by atoms with Crippen molar-refractivity contribution in [1.29, 1.82) is 0 Å². The molecule has 102 valence electrons. The molecular weight excluding hydrogens is 254 g/mol. The van der Waals surface area contributed by atoms with Crippen molar-refractivity contribution in [2.45, 2.75) is 18.9 Å². The number of nitro groups is 1. The van der Waals surface area contributed by atoms with Crippen molar-refractivity contribution in [3.63, 3.8) is 0 Å². The molecule has 1 aliphatic rings. The zero-order chi connectivity index (χ0) is 14.2. The SMILES string of the molecule is Cn1cc([N+](=O)[O-])cc1C(=O)NC(C(=O)O)C1CC1. The van der Waals surface area contributed by atoms with E-state index in [9.17, 15) is 19.7 Å². The Balaban J connectivity index is 2.15. The van der Waals surface area contributed by atoms with Gasteiger partial charge in [0.05, 0.1) is 11.1 Å². The van der Waals surface area contributed by atoms with Gasteiger partial charge in [0.1, 0.15) is 11.7 Å². The lowest BCUT2D eigenvalue weighted by Gasteiger charge is -2.13. The van der Waals surface area contributed by atoms with Gasteiger partial charge in [-0.1, -0.05) is 0 Å². The first-order valence-corrected chi connectivity index (χ1v) is 5.74. The number of aromatic nitrogens is 1. The van der Waals surface area contributed by atoms with Crippen molar-refractivity contribution < 1.29 is 19.6 Å². The summed E-state index contributed by atoms with van der Waals surface area (Å²) in [6.07, 6.45) is 2.75. The molecule has 0 aromatic carbocycles. The van der Waals surface area contributed by atoms with E-state index in [2.05, 4.69) is 5.32 Å². The molecule has 1 aromatic heterocycles. The number of carbonyl (C=O) groups excluding carboxylic acids is 1. The number of hydrogen-bond donors (Lipinski definition) is 2. The lowest BCUT2D eigenvalue weighted by Crippen LogP contribution is -2.42.